The SMILES string of the molecule is C=CCSCCNC(=O)c1sc2nc(C)nc(N)c2c1C. The molecule has 3 N–H and O–H groups in total. The van der Waals surface area contributed by atoms with Gasteiger partial charge < -0.3 is 11.1 Å². The lowest BCUT2D eigenvalue weighted by Crippen LogP contribution is -2.25. The Morgan fingerprint density at radius 3 is 2.95 bits per heavy atom. The Bertz CT molecular complexity index is 681. The van der Waals surface area contributed by atoms with Crippen molar-refractivity contribution in [2.45, 2.75) is 13.8 Å². The lowest BCUT2D eigenvalue weighted by molar-refractivity contribution is 0.0960. The summed E-state index contributed by atoms with van der Waals surface area (Å²) in [5.74, 6) is 2.74. The molecule has 0 fully saturated rings. The van der Waals surface area contributed by atoms with E-state index in [0.717, 1.165) is 27.3 Å². The summed E-state index contributed by atoms with van der Waals surface area (Å²) in [6, 6.07) is 0. The number of aryl methyl sites for hydroxylation is 2. The maximum Gasteiger partial charge on any atom is 0.261 e. The minimum Gasteiger partial charge on any atom is -0.383 e. The molecule has 2 aromatic heterocycles. The zero-order chi connectivity index (χ0) is 15.4. The van der Waals surface area contributed by atoms with E-state index in [1.807, 2.05) is 13.0 Å². The first kappa shape index (κ1) is 15.8. The molecule has 21 heavy (non-hydrogen) atoms. The van der Waals surface area contributed by atoms with Crippen LogP contribution in [0.25, 0.3) is 10.2 Å². The van der Waals surface area contributed by atoms with Crippen molar-refractivity contribution in [1.29, 1.82) is 0 Å². The van der Waals surface area contributed by atoms with Crippen molar-refractivity contribution in [1.82, 2.24) is 15.3 Å². The molecule has 0 saturated heterocycles. The number of hydrogen-bond donors (Lipinski definition) is 2. The Balaban J connectivity index is 2.14. The number of anilines is 1. The summed E-state index contributed by atoms with van der Waals surface area (Å²) in [7, 11) is 0. The van der Waals surface area contributed by atoms with Gasteiger partial charge in [-0.25, -0.2) is 9.97 Å². The van der Waals surface area contributed by atoms with Crippen LogP contribution in [0.3, 0.4) is 0 Å². The topological polar surface area (TPSA) is 80.9 Å². The maximum absolute atomic E-state index is 12.2. The van der Waals surface area contributed by atoms with Crippen molar-refractivity contribution in [2.75, 3.05) is 23.8 Å². The van der Waals surface area contributed by atoms with Crippen molar-refractivity contribution in [3.8, 4) is 0 Å². The predicted octanol–water partition coefficient (Wildman–Crippen LogP) is 2.54. The monoisotopic (exact) mass is 322 g/mol. The summed E-state index contributed by atoms with van der Waals surface area (Å²) in [4.78, 5) is 22.2. The average molecular weight is 322 g/mol. The fourth-order valence-corrected chi connectivity index (χ4v) is 3.71. The molecule has 7 heteroatoms. The summed E-state index contributed by atoms with van der Waals surface area (Å²) in [6.45, 7) is 7.97. The molecule has 0 aliphatic carbocycles. The highest BCUT2D eigenvalue weighted by Gasteiger charge is 2.18. The van der Waals surface area contributed by atoms with E-state index in [2.05, 4.69) is 21.9 Å². The van der Waals surface area contributed by atoms with Crippen LogP contribution in [0.15, 0.2) is 12.7 Å². The Morgan fingerprint density at radius 2 is 2.24 bits per heavy atom. The standard InChI is InChI=1S/C14H18N4OS2/c1-4-6-20-7-5-16-13(19)11-8(2)10-12(15)17-9(3)18-14(10)21-11/h4H,1,5-7H2,2-3H3,(H,16,19)(H2,15,17,18). The van der Waals surface area contributed by atoms with Gasteiger partial charge in [-0.15, -0.1) is 17.9 Å². The highest BCUT2D eigenvalue weighted by atomic mass is 32.2. The lowest BCUT2D eigenvalue weighted by atomic mass is 10.2. The van der Waals surface area contributed by atoms with Gasteiger partial charge >= 0.3 is 0 Å². The van der Waals surface area contributed by atoms with Gasteiger partial charge in [0, 0.05) is 18.1 Å². The second kappa shape index (κ2) is 6.91. The zero-order valence-electron chi connectivity index (χ0n) is 12.1. The average Bonchev–Trinajstić information content (AvgIpc) is 2.75. The number of thiophene rings is 1. The van der Waals surface area contributed by atoms with Gasteiger partial charge in [-0.1, -0.05) is 6.08 Å². The van der Waals surface area contributed by atoms with Crippen LogP contribution >= 0.6 is 23.1 Å². The van der Waals surface area contributed by atoms with Crippen LogP contribution in [0, 0.1) is 13.8 Å². The van der Waals surface area contributed by atoms with Crippen LogP contribution in [0.1, 0.15) is 21.1 Å². The number of nitrogens with one attached hydrogen (secondary N) is 1. The van der Waals surface area contributed by atoms with Gasteiger partial charge in [-0.05, 0) is 19.4 Å². The summed E-state index contributed by atoms with van der Waals surface area (Å²) in [5, 5.41) is 3.71. The molecule has 0 atom stereocenters. The molecule has 0 saturated carbocycles. The smallest absolute Gasteiger partial charge is 0.261 e. The number of aromatic nitrogens is 2. The van der Waals surface area contributed by atoms with E-state index in [4.69, 9.17) is 5.73 Å². The van der Waals surface area contributed by atoms with E-state index in [0.29, 0.717) is 23.1 Å². The zero-order valence-corrected chi connectivity index (χ0v) is 13.7. The highest BCUT2D eigenvalue weighted by Crippen LogP contribution is 2.32. The number of amides is 1. The molecule has 0 unspecified atom stereocenters. The number of carbonyl (C=O) groups is 1. The van der Waals surface area contributed by atoms with Crippen LogP contribution in [-0.4, -0.2) is 33.9 Å². The first-order valence-electron chi connectivity index (χ1n) is 6.54. The van der Waals surface area contributed by atoms with Crippen molar-refractivity contribution in [3.05, 3.63) is 28.9 Å². The molecule has 2 heterocycles. The first-order chi connectivity index (χ1) is 10.0. The van der Waals surface area contributed by atoms with E-state index < -0.39 is 0 Å². The maximum atomic E-state index is 12.2. The Hall–Kier alpha value is -1.60. The van der Waals surface area contributed by atoms with Crippen LogP contribution in [0.5, 0.6) is 0 Å². The second-order valence-electron chi connectivity index (χ2n) is 4.51. The number of thioether (sulfide) groups is 1. The minimum absolute atomic E-state index is 0.0771. The molecule has 0 bridgehead atoms. The van der Waals surface area contributed by atoms with E-state index in [9.17, 15) is 4.79 Å². The number of carbonyl (C=O) groups excluding carboxylic acids is 1. The molecule has 1 amide bonds. The van der Waals surface area contributed by atoms with Crippen molar-refractivity contribution < 1.29 is 4.79 Å². The number of nitrogen functional groups attached to an aromatic ring is 1. The van der Waals surface area contributed by atoms with Crippen LogP contribution in [-0.2, 0) is 0 Å². The molecular formula is C14H18N4OS2. The number of hydrogen-bond acceptors (Lipinski definition) is 6. The first-order valence-corrected chi connectivity index (χ1v) is 8.51. The fourth-order valence-electron chi connectivity index (χ4n) is 1.98. The second-order valence-corrected chi connectivity index (χ2v) is 6.66. The molecule has 2 aromatic rings. The van der Waals surface area contributed by atoms with Gasteiger partial charge in [0.05, 0.1) is 10.3 Å². The van der Waals surface area contributed by atoms with Crippen molar-refractivity contribution >= 4 is 45.0 Å². The molecule has 5 nitrogen and oxygen atoms in total. The molecule has 0 radical (unpaired) electrons. The van der Waals surface area contributed by atoms with E-state index in [1.54, 1.807) is 18.7 Å². The Labute approximate surface area is 132 Å². The van der Waals surface area contributed by atoms with Gasteiger partial charge in [-0.3, -0.25) is 4.79 Å². The minimum atomic E-state index is -0.0771. The van der Waals surface area contributed by atoms with E-state index >= 15 is 0 Å². The number of nitrogens with two attached hydrogens (primary N) is 1. The molecule has 0 aromatic carbocycles. The van der Waals surface area contributed by atoms with Gasteiger partial charge in [0.15, 0.2) is 0 Å². The molecule has 0 aliphatic heterocycles. The normalized spacial score (nSPS) is 10.8. The number of nitrogens with zero attached hydrogens (tertiary/aromatic N) is 2. The lowest BCUT2D eigenvalue weighted by Gasteiger charge is -2.03. The highest BCUT2D eigenvalue weighted by molar-refractivity contribution is 7.99. The van der Waals surface area contributed by atoms with Gasteiger partial charge in [0.2, 0.25) is 0 Å². The largest absolute Gasteiger partial charge is 0.383 e. The summed E-state index contributed by atoms with van der Waals surface area (Å²) in [6.07, 6.45) is 1.85. The summed E-state index contributed by atoms with van der Waals surface area (Å²) in [5.41, 5.74) is 6.79. The van der Waals surface area contributed by atoms with Crippen LogP contribution in [0.4, 0.5) is 5.82 Å². The third-order valence-corrected chi connectivity index (χ3v) is 5.05. The third kappa shape index (κ3) is 3.54. The third-order valence-electron chi connectivity index (χ3n) is 2.90. The molecule has 112 valence electrons. The van der Waals surface area contributed by atoms with Gasteiger partial charge in [0.25, 0.3) is 5.91 Å². The summed E-state index contributed by atoms with van der Waals surface area (Å²) < 4.78 is 0. The van der Waals surface area contributed by atoms with Gasteiger partial charge in [-0.2, -0.15) is 11.8 Å². The Kier molecular flexibility index (Phi) is 5.19. The van der Waals surface area contributed by atoms with Crippen LogP contribution in [0.2, 0.25) is 0 Å². The van der Waals surface area contributed by atoms with Crippen molar-refractivity contribution in [3.63, 3.8) is 0 Å². The van der Waals surface area contributed by atoms with E-state index in [1.165, 1.54) is 11.3 Å². The van der Waals surface area contributed by atoms with E-state index in [-0.39, 0.29) is 5.91 Å². The molecule has 2 rings (SSSR count). The van der Waals surface area contributed by atoms with Gasteiger partial charge in [0.1, 0.15) is 16.5 Å². The fraction of sp³-hybridized carbons (Fsp3) is 0.357. The van der Waals surface area contributed by atoms with Crippen molar-refractivity contribution in [2.24, 2.45) is 0 Å². The molecular weight excluding hydrogens is 304 g/mol. The number of fused-ring (bicyclic) bond motifs is 1. The number of rotatable bonds is 6. The van der Waals surface area contributed by atoms with Crippen LogP contribution < -0.4 is 11.1 Å². The predicted molar refractivity (Wildman–Crippen MR) is 91.2 cm³/mol. The Morgan fingerprint density at radius 1 is 1.48 bits per heavy atom. The molecule has 0 spiro atoms. The molecule has 0 aliphatic rings. The summed E-state index contributed by atoms with van der Waals surface area (Å²) >= 11 is 3.09. The quantitative estimate of drug-likeness (QED) is 0.631.